The van der Waals surface area contributed by atoms with Crippen LogP contribution in [0.1, 0.15) is 68.2 Å². The van der Waals surface area contributed by atoms with E-state index in [2.05, 4.69) is 72.4 Å². The first-order valence-electron chi connectivity index (χ1n) is 10.3. The number of hydrogen-bond donors (Lipinski definition) is 2. The van der Waals surface area contributed by atoms with Gasteiger partial charge in [0.1, 0.15) is 0 Å². The van der Waals surface area contributed by atoms with E-state index in [9.17, 15) is 9.59 Å². The van der Waals surface area contributed by atoms with Crippen molar-refractivity contribution in [2.45, 2.75) is 89.2 Å². The predicted molar refractivity (Wildman–Crippen MR) is 126 cm³/mol. The number of amides is 2. The molecule has 2 amide bonds. The summed E-state index contributed by atoms with van der Waals surface area (Å²) in [6.45, 7) is 18.4. The van der Waals surface area contributed by atoms with Crippen LogP contribution in [0.5, 0.6) is 0 Å². The maximum atomic E-state index is 11.3. The maximum absolute atomic E-state index is 11.3. The molecule has 0 bridgehead atoms. The van der Waals surface area contributed by atoms with Crippen molar-refractivity contribution in [1.82, 2.24) is 10.6 Å². The Balaban J connectivity index is 5.28. The summed E-state index contributed by atoms with van der Waals surface area (Å²) in [5, 5.41) is 9.55. The summed E-state index contributed by atoms with van der Waals surface area (Å²) < 4.78 is 0. The third-order valence-corrected chi connectivity index (χ3v) is 28.4. The third-order valence-electron chi connectivity index (χ3n) is 4.31. The van der Waals surface area contributed by atoms with Crippen LogP contribution in [0.2, 0.25) is 10.5 Å². The van der Waals surface area contributed by atoms with E-state index in [-0.39, 0.29) is 11.8 Å². The molecule has 27 heavy (non-hydrogen) atoms. The van der Waals surface area contributed by atoms with Gasteiger partial charge in [-0.05, 0) is 0 Å². The van der Waals surface area contributed by atoms with Gasteiger partial charge in [0.05, 0.1) is 0 Å². The van der Waals surface area contributed by atoms with Gasteiger partial charge in [-0.3, -0.25) is 0 Å². The number of carbonyl (C=O) groups excluding carboxylic acids is 2. The number of rotatable bonds is 14. The van der Waals surface area contributed by atoms with Gasteiger partial charge in [-0.25, -0.2) is 0 Å². The molecule has 2 atom stereocenters. The van der Waals surface area contributed by atoms with Crippen LogP contribution in [-0.4, -0.2) is 46.4 Å². The molecule has 0 aliphatic rings. The fourth-order valence-electron chi connectivity index (χ4n) is 2.80. The van der Waals surface area contributed by atoms with Crippen molar-refractivity contribution in [3.63, 3.8) is 0 Å². The summed E-state index contributed by atoms with van der Waals surface area (Å²) in [7, 11) is 2.13. The van der Waals surface area contributed by atoms with E-state index < -0.39 is 11.0 Å². The molecule has 2 unspecified atom stereocenters. The molecule has 0 rings (SSSR count). The van der Waals surface area contributed by atoms with Gasteiger partial charge in [0.15, 0.2) is 0 Å². The Labute approximate surface area is 176 Å². The van der Waals surface area contributed by atoms with Gasteiger partial charge < -0.3 is 0 Å². The molecule has 0 saturated heterocycles. The van der Waals surface area contributed by atoms with Crippen molar-refractivity contribution in [3.05, 3.63) is 0 Å². The fourth-order valence-corrected chi connectivity index (χ4v) is 32.0. The van der Waals surface area contributed by atoms with E-state index in [4.69, 9.17) is 0 Å². The van der Waals surface area contributed by atoms with Gasteiger partial charge in [0.25, 0.3) is 0 Å². The molecule has 2 N–H and O–H groups in total. The number of nitrogens with one attached hydrogen (secondary N) is 2. The van der Waals surface area contributed by atoms with Crippen LogP contribution in [0.3, 0.4) is 0 Å². The van der Waals surface area contributed by atoms with Crippen molar-refractivity contribution < 1.29 is 9.59 Å². The molecule has 0 fully saturated rings. The minimum atomic E-state index is -2.28. The molecule has 7 heteroatoms. The molecule has 0 aliphatic heterocycles. The van der Waals surface area contributed by atoms with Crippen molar-refractivity contribution >= 4 is 43.0 Å². The summed E-state index contributed by atoms with van der Waals surface area (Å²) in [4.78, 5) is 22.6. The molecule has 160 valence electrons. The van der Waals surface area contributed by atoms with Crippen molar-refractivity contribution in [3.8, 4) is 0 Å². The normalized spacial score (nSPS) is 14.3. The Bertz CT molecular complexity index is 408. The third kappa shape index (κ3) is 14.8. The summed E-state index contributed by atoms with van der Waals surface area (Å²) in [5.74, 6) is 1.53. The molecular weight excluding hydrogens is 437 g/mol. The zero-order valence-electron chi connectivity index (χ0n) is 18.7. The van der Waals surface area contributed by atoms with Gasteiger partial charge >= 0.3 is 177 Å². The van der Waals surface area contributed by atoms with Gasteiger partial charge in [-0.2, -0.15) is 0 Å². The van der Waals surface area contributed by atoms with Crippen LogP contribution >= 0.6 is 20.2 Å². The summed E-state index contributed by atoms with van der Waals surface area (Å²) >= 11 is 0. The molecule has 0 spiro atoms. The predicted octanol–water partition coefficient (Wildman–Crippen LogP) is 5.04. The number of carbonyl (C=O) groups is 2. The average molecular weight is 479 g/mol. The van der Waals surface area contributed by atoms with E-state index in [1.807, 2.05) is 0 Å². The second-order valence-corrected chi connectivity index (χ2v) is 28.9. The zero-order valence-corrected chi connectivity index (χ0v) is 22.4. The van der Waals surface area contributed by atoms with Crippen LogP contribution < -0.4 is 10.6 Å². The first-order chi connectivity index (χ1) is 12.5. The van der Waals surface area contributed by atoms with Crippen LogP contribution in [-0.2, 0) is 9.59 Å². The Morgan fingerprint density at radius 1 is 0.741 bits per heavy atom. The van der Waals surface area contributed by atoms with Crippen LogP contribution in [0.15, 0.2) is 0 Å². The van der Waals surface area contributed by atoms with E-state index >= 15 is 0 Å². The van der Waals surface area contributed by atoms with Gasteiger partial charge in [-0.1, -0.05) is 0 Å². The topological polar surface area (TPSA) is 58.2 Å². The Kier molecular flexibility index (Phi) is 14.3. The van der Waals surface area contributed by atoms with E-state index in [1.54, 1.807) is 13.8 Å². The van der Waals surface area contributed by atoms with Gasteiger partial charge in [0.2, 0.25) is 0 Å². The van der Waals surface area contributed by atoms with Crippen molar-refractivity contribution in [2.24, 2.45) is 11.8 Å². The summed E-state index contributed by atoms with van der Waals surface area (Å²) in [5.41, 5.74) is 0. The SMILES string of the molecule is CC(=O)NCC(C)[S][Ge]([CH2]CC(C)C)([CH2]CC(C)C)[S]C(C)CNC(C)=O. The fraction of sp³-hybridized carbons (Fsp3) is 0.900. The summed E-state index contributed by atoms with van der Waals surface area (Å²) in [6.07, 6.45) is 2.55. The van der Waals surface area contributed by atoms with E-state index in [1.165, 1.54) is 23.3 Å². The van der Waals surface area contributed by atoms with Crippen LogP contribution in [0, 0.1) is 11.8 Å². The van der Waals surface area contributed by atoms with Crippen LogP contribution in [0.25, 0.3) is 0 Å². The molecule has 0 heterocycles. The van der Waals surface area contributed by atoms with Crippen molar-refractivity contribution in [1.29, 1.82) is 0 Å². The van der Waals surface area contributed by atoms with E-state index in [0.717, 1.165) is 13.1 Å². The number of hydrogen-bond acceptors (Lipinski definition) is 4. The Morgan fingerprint density at radius 2 is 1.07 bits per heavy atom. The molecule has 0 aliphatic carbocycles. The van der Waals surface area contributed by atoms with Gasteiger partial charge in [0, 0.05) is 0 Å². The standard InChI is InChI=1S/C20H42GeN2O2S2/c1-15(2)9-11-21(12-10-16(3)4,26-17(5)13-22-19(7)24)27-18(6)14-23-20(8)25/h15-18H,9-14H2,1-8H3,(H,22,24)(H,23,25). The average Bonchev–Trinajstić information content (AvgIpc) is 2.54. The van der Waals surface area contributed by atoms with Crippen LogP contribution in [0.4, 0.5) is 0 Å². The van der Waals surface area contributed by atoms with Gasteiger partial charge in [-0.15, -0.1) is 0 Å². The quantitative estimate of drug-likeness (QED) is 0.343. The second kappa shape index (κ2) is 14.2. The molecule has 0 radical (unpaired) electrons. The zero-order chi connectivity index (χ0) is 21.0. The monoisotopic (exact) mass is 480 g/mol. The van der Waals surface area contributed by atoms with E-state index in [0.29, 0.717) is 22.3 Å². The molecular formula is C20H42GeN2O2S2. The first kappa shape index (κ1) is 27.2. The second-order valence-electron chi connectivity index (χ2n) is 8.51. The first-order valence-corrected chi connectivity index (χ1v) is 20.2. The molecule has 0 aromatic carbocycles. The van der Waals surface area contributed by atoms with Crippen molar-refractivity contribution in [2.75, 3.05) is 13.1 Å². The molecule has 0 saturated carbocycles. The molecule has 0 aromatic heterocycles. The summed E-state index contributed by atoms with van der Waals surface area (Å²) in [6, 6.07) is 0. The molecule has 0 aromatic rings. The Hall–Kier alpha value is 0.183. The molecule has 4 nitrogen and oxygen atoms in total. The Morgan fingerprint density at radius 3 is 1.33 bits per heavy atom. The minimum absolute atomic E-state index is 0.0524.